The van der Waals surface area contributed by atoms with E-state index < -0.39 is 0 Å². The molecule has 1 N–H and O–H groups in total. The van der Waals surface area contributed by atoms with Gasteiger partial charge in [0.15, 0.2) is 0 Å². The molecule has 25 heavy (non-hydrogen) atoms. The molecule has 2 amide bonds. The van der Waals surface area contributed by atoms with Crippen LogP contribution in [-0.4, -0.2) is 32.5 Å². The van der Waals surface area contributed by atoms with Crippen LogP contribution >= 0.6 is 0 Å². The van der Waals surface area contributed by atoms with Crippen LogP contribution in [0.2, 0.25) is 0 Å². The first-order valence-corrected chi connectivity index (χ1v) is 7.76. The Hall–Kier alpha value is -3.33. The molecule has 0 aromatic heterocycles. The molecule has 128 valence electrons. The van der Waals surface area contributed by atoms with Gasteiger partial charge in [-0.25, -0.2) is 0 Å². The maximum atomic E-state index is 12.3. The van der Waals surface area contributed by atoms with Crippen molar-refractivity contribution in [2.24, 2.45) is 0 Å². The number of benzene rings is 2. The van der Waals surface area contributed by atoms with Crippen LogP contribution in [0, 0.1) is 11.3 Å². The van der Waals surface area contributed by atoms with Crippen molar-refractivity contribution in [1.29, 1.82) is 5.26 Å². The van der Waals surface area contributed by atoms with E-state index in [9.17, 15) is 9.59 Å². The Morgan fingerprint density at radius 1 is 1.00 bits per heavy atom. The molecule has 2 aromatic carbocycles. The number of carbonyl (C=O) groups is 2. The van der Waals surface area contributed by atoms with Crippen LogP contribution in [0.5, 0.6) is 0 Å². The van der Waals surface area contributed by atoms with Crippen molar-refractivity contribution < 1.29 is 9.59 Å². The summed E-state index contributed by atoms with van der Waals surface area (Å²) in [4.78, 5) is 27.5. The third-order valence-electron chi connectivity index (χ3n) is 3.66. The van der Waals surface area contributed by atoms with E-state index in [1.165, 1.54) is 11.8 Å². The zero-order valence-corrected chi connectivity index (χ0v) is 14.5. The highest BCUT2D eigenvalue weighted by molar-refractivity contribution is 6.01. The smallest absolute Gasteiger partial charge is 0.244 e. The predicted molar refractivity (Wildman–Crippen MR) is 98.6 cm³/mol. The molecular formula is C19H20N4O2. The van der Waals surface area contributed by atoms with Crippen LogP contribution in [0.1, 0.15) is 12.5 Å². The van der Waals surface area contributed by atoms with E-state index in [1.54, 1.807) is 24.3 Å². The number of nitrogens with zero attached hydrogens (tertiary/aromatic N) is 3. The molecule has 0 atom stereocenters. The molecule has 0 aliphatic heterocycles. The van der Waals surface area contributed by atoms with Gasteiger partial charge in [-0.15, -0.1) is 0 Å². The normalized spacial score (nSPS) is 9.84. The molecule has 0 fully saturated rings. The van der Waals surface area contributed by atoms with Gasteiger partial charge in [-0.1, -0.05) is 0 Å². The third kappa shape index (κ3) is 4.82. The number of amides is 2. The van der Waals surface area contributed by atoms with Crippen LogP contribution in [0.25, 0.3) is 0 Å². The second kappa shape index (κ2) is 7.97. The summed E-state index contributed by atoms with van der Waals surface area (Å²) in [6.45, 7) is 1.30. The maximum absolute atomic E-state index is 12.3. The summed E-state index contributed by atoms with van der Waals surface area (Å²) >= 11 is 0. The first-order valence-electron chi connectivity index (χ1n) is 7.76. The van der Waals surface area contributed by atoms with Crippen molar-refractivity contribution in [3.63, 3.8) is 0 Å². The van der Waals surface area contributed by atoms with E-state index >= 15 is 0 Å². The molecule has 0 bridgehead atoms. The van der Waals surface area contributed by atoms with E-state index in [2.05, 4.69) is 5.32 Å². The van der Waals surface area contributed by atoms with Crippen LogP contribution in [0.4, 0.5) is 17.1 Å². The minimum absolute atomic E-state index is 0.101. The molecule has 0 saturated carbocycles. The van der Waals surface area contributed by atoms with E-state index in [-0.39, 0.29) is 18.4 Å². The summed E-state index contributed by atoms with van der Waals surface area (Å²) in [7, 11) is 3.88. The average molecular weight is 336 g/mol. The monoisotopic (exact) mass is 336 g/mol. The first-order chi connectivity index (χ1) is 11.9. The highest BCUT2D eigenvalue weighted by Crippen LogP contribution is 2.17. The fourth-order valence-electron chi connectivity index (χ4n) is 2.29. The Balaban J connectivity index is 2.07. The van der Waals surface area contributed by atoms with Gasteiger partial charge in [-0.05, 0) is 48.5 Å². The molecular weight excluding hydrogens is 316 g/mol. The number of hydrogen-bond donors (Lipinski definition) is 1. The van der Waals surface area contributed by atoms with Crippen molar-refractivity contribution in [3.8, 4) is 6.07 Å². The molecule has 0 aliphatic carbocycles. The zero-order valence-electron chi connectivity index (χ0n) is 14.5. The lowest BCUT2D eigenvalue weighted by molar-refractivity contribution is -0.120. The maximum Gasteiger partial charge on any atom is 0.244 e. The van der Waals surface area contributed by atoms with Gasteiger partial charge >= 0.3 is 0 Å². The summed E-state index contributed by atoms with van der Waals surface area (Å²) in [5, 5.41) is 11.6. The second-order valence-corrected chi connectivity index (χ2v) is 5.75. The Morgan fingerprint density at radius 3 is 2.04 bits per heavy atom. The molecule has 0 heterocycles. The van der Waals surface area contributed by atoms with Crippen LogP contribution in [-0.2, 0) is 9.59 Å². The van der Waals surface area contributed by atoms with E-state index in [0.717, 1.165) is 5.69 Å². The predicted octanol–water partition coefficient (Wildman–Crippen LogP) is 2.62. The lowest BCUT2D eigenvalue weighted by atomic mass is 10.2. The largest absolute Gasteiger partial charge is 0.378 e. The lowest BCUT2D eigenvalue weighted by Gasteiger charge is -2.21. The van der Waals surface area contributed by atoms with Crippen LogP contribution in [0.3, 0.4) is 0 Å². The van der Waals surface area contributed by atoms with Gasteiger partial charge in [0.1, 0.15) is 6.54 Å². The number of anilines is 3. The topological polar surface area (TPSA) is 76.4 Å². The molecule has 6 heteroatoms. The Bertz CT molecular complexity index is 790. The summed E-state index contributed by atoms with van der Waals surface area (Å²) in [5.74, 6) is -0.542. The highest BCUT2D eigenvalue weighted by Gasteiger charge is 2.16. The van der Waals surface area contributed by atoms with Gasteiger partial charge < -0.3 is 15.1 Å². The molecule has 2 aromatic rings. The molecule has 0 radical (unpaired) electrons. The molecule has 2 rings (SSSR count). The average Bonchev–Trinajstić information content (AvgIpc) is 2.60. The van der Waals surface area contributed by atoms with Gasteiger partial charge in [0.2, 0.25) is 11.8 Å². The first kappa shape index (κ1) is 18.0. The van der Waals surface area contributed by atoms with Crippen molar-refractivity contribution >= 4 is 28.9 Å². The van der Waals surface area contributed by atoms with E-state index in [0.29, 0.717) is 16.9 Å². The number of nitriles is 1. The summed E-state index contributed by atoms with van der Waals surface area (Å²) in [6.07, 6.45) is 0. The molecule has 6 nitrogen and oxygen atoms in total. The van der Waals surface area contributed by atoms with Crippen molar-refractivity contribution in [2.75, 3.05) is 35.8 Å². The molecule has 0 unspecified atom stereocenters. The fourth-order valence-corrected chi connectivity index (χ4v) is 2.29. The number of hydrogen-bond acceptors (Lipinski definition) is 4. The lowest BCUT2D eigenvalue weighted by Crippen LogP contribution is -2.36. The number of nitrogens with one attached hydrogen (secondary N) is 1. The second-order valence-electron chi connectivity index (χ2n) is 5.75. The minimum Gasteiger partial charge on any atom is -0.378 e. The number of carbonyl (C=O) groups excluding carboxylic acids is 2. The van der Waals surface area contributed by atoms with Crippen molar-refractivity contribution in [3.05, 3.63) is 54.1 Å². The van der Waals surface area contributed by atoms with Gasteiger partial charge in [-0.2, -0.15) is 5.26 Å². The molecule has 0 spiro atoms. The number of rotatable bonds is 5. The summed E-state index contributed by atoms with van der Waals surface area (Å²) in [5.41, 5.74) is 2.77. The van der Waals surface area contributed by atoms with Gasteiger partial charge in [0, 0.05) is 38.1 Å². The Kier molecular flexibility index (Phi) is 5.75. The van der Waals surface area contributed by atoms with Gasteiger partial charge in [0.05, 0.1) is 11.6 Å². The SMILES string of the molecule is CC(=O)N(CC(=O)Nc1ccc(N(C)C)cc1)c1ccc(C#N)cc1. The zero-order chi connectivity index (χ0) is 18.4. The summed E-state index contributed by atoms with van der Waals surface area (Å²) < 4.78 is 0. The van der Waals surface area contributed by atoms with Crippen LogP contribution in [0.15, 0.2) is 48.5 Å². The van der Waals surface area contributed by atoms with E-state index in [4.69, 9.17) is 5.26 Å². The fraction of sp³-hybridized carbons (Fsp3) is 0.211. The minimum atomic E-state index is -0.294. The van der Waals surface area contributed by atoms with Crippen molar-refractivity contribution in [1.82, 2.24) is 0 Å². The van der Waals surface area contributed by atoms with Crippen molar-refractivity contribution in [2.45, 2.75) is 6.92 Å². The Labute approximate surface area is 147 Å². The Morgan fingerprint density at radius 2 is 1.56 bits per heavy atom. The molecule has 0 saturated heterocycles. The standard InChI is InChI=1S/C19H20N4O2/c1-14(24)23(18-8-4-15(12-20)5-9-18)13-19(25)21-16-6-10-17(11-7-16)22(2)3/h4-11H,13H2,1-3H3,(H,21,25). The van der Waals surface area contributed by atoms with E-state index in [1.807, 2.05) is 49.3 Å². The quantitative estimate of drug-likeness (QED) is 0.910. The van der Waals surface area contributed by atoms with Gasteiger partial charge in [-0.3, -0.25) is 9.59 Å². The summed E-state index contributed by atoms with van der Waals surface area (Å²) in [6, 6.07) is 16.0. The van der Waals surface area contributed by atoms with Gasteiger partial charge in [0.25, 0.3) is 0 Å². The molecule has 0 aliphatic rings. The van der Waals surface area contributed by atoms with Crippen LogP contribution < -0.4 is 15.1 Å². The highest BCUT2D eigenvalue weighted by atomic mass is 16.2. The third-order valence-corrected chi connectivity index (χ3v) is 3.66.